The average molecular weight is 238 g/mol. The molecule has 1 rings (SSSR count). The topological polar surface area (TPSA) is 81.3 Å². The number of nitrogens with two attached hydrogens (primary N) is 1. The van der Waals surface area contributed by atoms with Crippen molar-refractivity contribution >= 4 is 5.91 Å². The zero-order valence-corrected chi connectivity index (χ0v) is 10.2. The van der Waals surface area contributed by atoms with Crippen LogP contribution in [0.1, 0.15) is 24.3 Å². The molecule has 0 spiro atoms. The molecule has 0 unspecified atom stereocenters. The Morgan fingerprint density at radius 3 is 2.71 bits per heavy atom. The molecule has 6 heteroatoms. The molecule has 1 amide bonds. The van der Waals surface area contributed by atoms with Crippen LogP contribution in [0, 0.1) is 0 Å². The fourth-order valence-corrected chi connectivity index (χ4v) is 1.36. The van der Waals surface area contributed by atoms with E-state index in [1.54, 1.807) is 0 Å². The monoisotopic (exact) mass is 238 g/mol. The Kier molecular flexibility index (Phi) is 5.35. The molecule has 0 radical (unpaired) electrons. The van der Waals surface area contributed by atoms with Crippen LogP contribution in [0.4, 0.5) is 0 Å². The van der Waals surface area contributed by atoms with Crippen molar-refractivity contribution in [3.05, 3.63) is 18.1 Å². The Labute approximate surface area is 101 Å². The van der Waals surface area contributed by atoms with Crippen molar-refractivity contribution in [2.24, 2.45) is 5.73 Å². The Morgan fingerprint density at radius 2 is 2.12 bits per heavy atom. The minimum absolute atomic E-state index is 0.116. The van der Waals surface area contributed by atoms with E-state index in [4.69, 9.17) is 10.5 Å². The van der Waals surface area contributed by atoms with Gasteiger partial charge >= 0.3 is 0 Å². The van der Waals surface area contributed by atoms with Crippen LogP contribution >= 0.6 is 0 Å². The number of hydrogen-bond donors (Lipinski definition) is 1. The van der Waals surface area contributed by atoms with Crippen molar-refractivity contribution in [3.8, 4) is 5.88 Å². The van der Waals surface area contributed by atoms with Crippen molar-refractivity contribution in [1.82, 2.24) is 14.9 Å². The Bertz CT molecular complexity index is 366. The molecule has 1 aromatic heterocycles. The van der Waals surface area contributed by atoms with Crippen LogP contribution in [-0.2, 0) is 0 Å². The summed E-state index contributed by atoms with van der Waals surface area (Å²) in [6, 6.07) is 0. The van der Waals surface area contributed by atoms with Crippen LogP contribution in [0.5, 0.6) is 5.88 Å². The van der Waals surface area contributed by atoms with Gasteiger partial charge in [0.1, 0.15) is 12.3 Å². The van der Waals surface area contributed by atoms with Gasteiger partial charge in [-0.15, -0.1) is 0 Å². The van der Waals surface area contributed by atoms with Crippen LogP contribution in [0.25, 0.3) is 0 Å². The van der Waals surface area contributed by atoms with Crippen molar-refractivity contribution in [3.63, 3.8) is 0 Å². The molecule has 6 nitrogen and oxygen atoms in total. The summed E-state index contributed by atoms with van der Waals surface area (Å²) in [5, 5.41) is 0. The van der Waals surface area contributed by atoms with Crippen LogP contribution in [0.3, 0.4) is 0 Å². The Balaban J connectivity index is 2.46. The molecule has 0 aliphatic carbocycles. The molecule has 0 aliphatic rings. The first-order valence-corrected chi connectivity index (χ1v) is 5.64. The number of amides is 1. The van der Waals surface area contributed by atoms with Crippen LogP contribution in [0.15, 0.2) is 12.4 Å². The molecule has 0 bridgehead atoms. The second-order valence-electron chi connectivity index (χ2n) is 3.48. The molecular weight excluding hydrogens is 220 g/mol. The summed E-state index contributed by atoms with van der Waals surface area (Å²) in [4.78, 5) is 20.9. The fraction of sp³-hybridized carbons (Fsp3) is 0.545. The number of likely N-dealkylation sites (N-methyl/N-ethyl adjacent to an activating group) is 1. The molecule has 0 saturated heterocycles. The number of primary amides is 1. The minimum atomic E-state index is -0.605. The van der Waals surface area contributed by atoms with E-state index in [0.717, 1.165) is 19.6 Å². The number of carbonyl (C=O) groups is 1. The van der Waals surface area contributed by atoms with Gasteiger partial charge in [0.05, 0.1) is 12.4 Å². The molecule has 0 aliphatic heterocycles. The van der Waals surface area contributed by atoms with Gasteiger partial charge in [-0.25, -0.2) is 4.98 Å². The summed E-state index contributed by atoms with van der Waals surface area (Å²) in [6.45, 7) is 7.47. The lowest BCUT2D eigenvalue weighted by Gasteiger charge is -2.17. The summed E-state index contributed by atoms with van der Waals surface area (Å²) in [5.74, 6) is -0.278. The predicted octanol–water partition coefficient (Wildman–Crippen LogP) is 0.296. The maximum atomic E-state index is 10.9. The Morgan fingerprint density at radius 1 is 1.41 bits per heavy atom. The van der Waals surface area contributed by atoms with Gasteiger partial charge in [-0.1, -0.05) is 13.8 Å². The minimum Gasteiger partial charge on any atom is -0.475 e. The van der Waals surface area contributed by atoms with Gasteiger partial charge in [-0.3, -0.25) is 9.78 Å². The van der Waals surface area contributed by atoms with Crippen molar-refractivity contribution in [2.45, 2.75) is 13.8 Å². The van der Waals surface area contributed by atoms with Gasteiger partial charge in [0.2, 0.25) is 5.88 Å². The van der Waals surface area contributed by atoms with E-state index < -0.39 is 5.91 Å². The van der Waals surface area contributed by atoms with Gasteiger partial charge in [0.25, 0.3) is 5.91 Å². The van der Waals surface area contributed by atoms with E-state index in [1.807, 2.05) is 0 Å². The number of nitrogens with zero attached hydrogens (tertiary/aromatic N) is 3. The van der Waals surface area contributed by atoms with E-state index in [-0.39, 0.29) is 5.69 Å². The van der Waals surface area contributed by atoms with E-state index in [0.29, 0.717) is 12.5 Å². The number of aromatic nitrogens is 2. The SMILES string of the molecule is CCN(CC)CCOc1cncc(C(N)=O)n1. The quantitative estimate of drug-likeness (QED) is 0.738. The molecule has 1 aromatic rings. The normalized spacial score (nSPS) is 10.5. The first kappa shape index (κ1) is 13.4. The second-order valence-corrected chi connectivity index (χ2v) is 3.48. The highest BCUT2D eigenvalue weighted by Gasteiger charge is 2.05. The standard InChI is InChI=1S/C11H18N4O2/c1-3-15(4-2)5-6-17-10-8-13-7-9(14-10)11(12)16/h7-8H,3-6H2,1-2H3,(H2,12,16). The molecule has 17 heavy (non-hydrogen) atoms. The summed E-state index contributed by atoms with van der Waals surface area (Å²) >= 11 is 0. The third kappa shape index (κ3) is 4.36. The zero-order chi connectivity index (χ0) is 12.7. The van der Waals surface area contributed by atoms with Gasteiger partial charge in [-0.2, -0.15) is 0 Å². The second kappa shape index (κ2) is 6.80. The third-order valence-corrected chi connectivity index (χ3v) is 2.42. The predicted molar refractivity (Wildman–Crippen MR) is 63.8 cm³/mol. The third-order valence-electron chi connectivity index (χ3n) is 2.42. The lowest BCUT2D eigenvalue weighted by molar-refractivity contribution is 0.0993. The highest BCUT2D eigenvalue weighted by atomic mass is 16.5. The highest BCUT2D eigenvalue weighted by Crippen LogP contribution is 2.04. The first-order chi connectivity index (χ1) is 8.17. The summed E-state index contributed by atoms with van der Waals surface area (Å²) in [7, 11) is 0. The van der Waals surface area contributed by atoms with Gasteiger partial charge in [0, 0.05) is 6.54 Å². The number of hydrogen-bond acceptors (Lipinski definition) is 5. The largest absolute Gasteiger partial charge is 0.475 e. The van der Waals surface area contributed by atoms with Gasteiger partial charge in [-0.05, 0) is 13.1 Å². The van der Waals surface area contributed by atoms with Gasteiger partial charge in [0.15, 0.2) is 0 Å². The van der Waals surface area contributed by atoms with E-state index in [2.05, 4.69) is 28.7 Å². The van der Waals surface area contributed by atoms with E-state index in [1.165, 1.54) is 12.4 Å². The molecule has 0 atom stereocenters. The number of carbonyl (C=O) groups excluding carboxylic acids is 1. The molecule has 0 fully saturated rings. The smallest absolute Gasteiger partial charge is 0.269 e. The summed E-state index contributed by atoms with van der Waals surface area (Å²) in [6.07, 6.45) is 2.79. The Hall–Kier alpha value is -1.69. The number of rotatable bonds is 7. The molecular formula is C11H18N4O2. The summed E-state index contributed by atoms with van der Waals surface area (Å²) in [5.41, 5.74) is 5.21. The lowest BCUT2D eigenvalue weighted by atomic mass is 10.4. The van der Waals surface area contributed by atoms with Crippen LogP contribution < -0.4 is 10.5 Å². The lowest BCUT2D eigenvalue weighted by Crippen LogP contribution is -2.28. The van der Waals surface area contributed by atoms with Crippen molar-refractivity contribution in [1.29, 1.82) is 0 Å². The zero-order valence-electron chi connectivity index (χ0n) is 10.2. The average Bonchev–Trinajstić information content (AvgIpc) is 2.35. The van der Waals surface area contributed by atoms with Gasteiger partial charge < -0.3 is 15.4 Å². The van der Waals surface area contributed by atoms with E-state index >= 15 is 0 Å². The molecule has 2 N–H and O–H groups in total. The fourth-order valence-electron chi connectivity index (χ4n) is 1.36. The van der Waals surface area contributed by atoms with Crippen LogP contribution in [-0.4, -0.2) is 47.0 Å². The molecule has 1 heterocycles. The van der Waals surface area contributed by atoms with E-state index in [9.17, 15) is 4.79 Å². The van der Waals surface area contributed by atoms with Crippen molar-refractivity contribution < 1.29 is 9.53 Å². The van der Waals surface area contributed by atoms with Crippen LogP contribution in [0.2, 0.25) is 0 Å². The van der Waals surface area contributed by atoms with Crippen molar-refractivity contribution in [2.75, 3.05) is 26.2 Å². The molecule has 94 valence electrons. The maximum Gasteiger partial charge on any atom is 0.269 e. The number of ether oxygens (including phenoxy) is 1. The maximum absolute atomic E-state index is 10.9. The summed E-state index contributed by atoms with van der Waals surface area (Å²) < 4.78 is 5.41. The highest BCUT2D eigenvalue weighted by molar-refractivity contribution is 5.90. The molecule has 0 aromatic carbocycles. The first-order valence-electron chi connectivity index (χ1n) is 5.64. The molecule has 0 saturated carbocycles.